The van der Waals surface area contributed by atoms with E-state index >= 15 is 0 Å². The second kappa shape index (κ2) is 6.62. The summed E-state index contributed by atoms with van der Waals surface area (Å²) in [5.74, 6) is 0.485. The predicted octanol–water partition coefficient (Wildman–Crippen LogP) is 1.97. The molecular formula is C16H19N3O3S. The minimum absolute atomic E-state index is 0.139. The van der Waals surface area contributed by atoms with Gasteiger partial charge in [-0.2, -0.15) is 11.8 Å². The summed E-state index contributed by atoms with van der Waals surface area (Å²) in [7, 11) is 0. The Hall–Kier alpha value is -2.02. The summed E-state index contributed by atoms with van der Waals surface area (Å²) in [6.07, 6.45) is 3.26. The number of hydrogen-bond donors (Lipinski definition) is 1. The third-order valence-corrected chi connectivity index (χ3v) is 4.71. The minimum atomic E-state index is -0.921. The third kappa shape index (κ3) is 3.06. The van der Waals surface area contributed by atoms with Gasteiger partial charge in [0.05, 0.1) is 16.8 Å². The maximum absolute atomic E-state index is 12.6. The molecule has 0 radical (unpaired) electrons. The molecule has 0 spiro atoms. The van der Waals surface area contributed by atoms with Crippen molar-refractivity contribution in [3.8, 4) is 0 Å². The van der Waals surface area contributed by atoms with Gasteiger partial charge in [0.2, 0.25) is 5.91 Å². The normalized spacial score (nSPS) is 17.8. The number of aliphatic carboxylic acids is 1. The van der Waals surface area contributed by atoms with Gasteiger partial charge >= 0.3 is 5.97 Å². The van der Waals surface area contributed by atoms with Gasteiger partial charge in [-0.1, -0.05) is 12.1 Å². The van der Waals surface area contributed by atoms with E-state index in [0.29, 0.717) is 18.7 Å². The average molecular weight is 333 g/mol. The fourth-order valence-electron chi connectivity index (χ4n) is 3.09. The van der Waals surface area contributed by atoms with Crippen molar-refractivity contribution in [2.24, 2.45) is 0 Å². The van der Waals surface area contributed by atoms with Gasteiger partial charge in [0.25, 0.3) is 0 Å². The molecule has 0 bridgehead atoms. The molecule has 2 aromatic rings. The van der Waals surface area contributed by atoms with Crippen molar-refractivity contribution in [2.45, 2.75) is 31.2 Å². The first kappa shape index (κ1) is 15.9. The zero-order chi connectivity index (χ0) is 16.4. The van der Waals surface area contributed by atoms with Gasteiger partial charge < -0.3 is 14.6 Å². The van der Waals surface area contributed by atoms with Crippen LogP contribution in [0.15, 0.2) is 24.3 Å². The number of nitrogens with zero attached hydrogens (tertiary/aromatic N) is 3. The number of hydrogen-bond acceptors (Lipinski definition) is 4. The highest BCUT2D eigenvalue weighted by atomic mass is 32.2. The van der Waals surface area contributed by atoms with Gasteiger partial charge in [0.15, 0.2) is 0 Å². The van der Waals surface area contributed by atoms with E-state index in [1.807, 2.05) is 35.1 Å². The molecule has 0 saturated carbocycles. The number of amides is 1. The van der Waals surface area contributed by atoms with E-state index in [1.54, 1.807) is 11.8 Å². The first-order valence-electron chi connectivity index (χ1n) is 7.57. The van der Waals surface area contributed by atoms with Crippen molar-refractivity contribution in [2.75, 3.05) is 12.8 Å². The number of carbonyl (C=O) groups excluding carboxylic acids is 1. The standard InChI is InChI=1S/C16H19N3O3S/c1-23-10-14-17-11-5-2-3-6-12(11)19(14)9-15(20)18-8-4-7-13(18)16(21)22/h2-3,5-6,13H,4,7-10H2,1H3,(H,21,22). The van der Waals surface area contributed by atoms with E-state index in [-0.39, 0.29) is 12.5 Å². The van der Waals surface area contributed by atoms with Gasteiger partial charge in [-0.05, 0) is 31.2 Å². The van der Waals surface area contributed by atoms with Crippen molar-refractivity contribution >= 4 is 34.7 Å². The molecule has 1 aliphatic rings. The highest BCUT2D eigenvalue weighted by Gasteiger charge is 2.34. The van der Waals surface area contributed by atoms with E-state index < -0.39 is 12.0 Å². The summed E-state index contributed by atoms with van der Waals surface area (Å²) in [5.41, 5.74) is 1.77. The Morgan fingerprint density at radius 2 is 2.17 bits per heavy atom. The van der Waals surface area contributed by atoms with Crippen LogP contribution in [0.25, 0.3) is 11.0 Å². The molecule has 1 aromatic carbocycles. The average Bonchev–Trinajstić information content (AvgIpc) is 3.13. The Kier molecular flexibility index (Phi) is 4.56. The number of carbonyl (C=O) groups is 2. The lowest BCUT2D eigenvalue weighted by Gasteiger charge is -2.22. The number of thioether (sulfide) groups is 1. The monoisotopic (exact) mass is 333 g/mol. The van der Waals surface area contributed by atoms with E-state index in [2.05, 4.69) is 4.98 Å². The molecule has 3 rings (SSSR count). The van der Waals surface area contributed by atoms with Crippen LogP contribution in [-0.4, -0.2) is 50.3 Å². The number of likely N-dealkylation sites (tertiary alicyclic amines) is 1. The molecule has 2 heterocycles. The number of rotatable bonds is 5. The molecular weight excluding hydrogens is 314 g/mol. The molecule has 6 nitrogen and oxygen atoms in total. The molecule has 0 aliphatic carbocycles. The van der Waals surface area contributed by atoms with Crippen LogP contribution >= 0.6 is 11.8 Å². The maximum atomic E-state index is 12.6. The topological polar surface area (TPSA) is 75.4 Å². The van der Waals surface area contributed by atoms with Gasteiger partial charge in [-0.15, -0.1) is 0 Å². The third-order valence-electron chi connectivity index (χ3n) is 4.16. The Morgan fingerprint density at radius 1 is 1.39 bits per heavy atom. The number of aromatic nitrogens is 2. The summed E-state index contributed by atoms with van der Waals surface area (Å²) in [4.78, 5) is 30.0. The first-order valence-corrected chi connectivity index (χ1v) is 8.96. The summed E-state index contributed by atoms with van der Waals surface area (Å²) < 4.78 is 1.91. The molecule has 1 aromatic heterocycles. The SMILES string of the molecule is CSCc1nc2ccccc2n1CC(=O)N1CCCC1C(=O)O. The van der Waals surface area contributed by atoms with Crippen LogP contribution in [0.5, 0.6) is 0 Å². The number of imidazole rings is 1. The largest absolute Gasteiger partial charge is 0.480 e. The second-order valence-electron chi connectivity index (χ2n) is 5.62. The zero-order valence-electron chi connectivity index (χ0n) is 12.9. The lowest BCUT2D eigenvalue weighted by Crippen LogP contribution is -2.42. The molecule has 1 amide bonds. The van der Waals surface area contributed by atoms with Crippen molar-refractivity contribution in [1.29, 1.82) is 0 Å². The van der Waals surface area contributed by atoms with Gasteiger partial charge in [-0.3, -0.25) is 4.79 Å². The van der Waals surface area contributed by atoms with Crippen LogP contribution in [0.1, 0.15) is 18.7 Å². The maximum Gasteiger partial charge on any atom is 0.326 e. The molecule has 1 aliphatic heterocycles. The number of carboxylic acid groups (broad SMARTS) is 1. The number of benzene rings is 1. The lowest BCUT2D eigenvalue weighted by atomic mass is 10.2. The lowest BCUT2D eigenvalue weighted by molar-refractivity contribution is -0.148. The van der Waals surface area contributed by atoms with E-state index in [9.17, 15) is 14.7 Å². The number of fused-ring (bicyclic) bond motifs is 1. The smallest absolute Gasteiger partial charge is 0.326 e. The summed E-state index contributed by atoms with van der Waals surface area (Å²) in [6, 6.07) is 7.02. The first-order chi connectivity index (χ1) is 11.1. The van der Waals surface area contributed by atoms with Crippen LogP contribution in [0.2, 0.25) is 0 Å². The Balaban J connectivity index is 1.89. The fourth-order valence-corrected chi connectivity index (χ4v) is 3.57. The highest BCUT2D eigenvalue weighted by Crippen LogP contribution is 2.22. The summed E-state index contributed by atoms with van der Waals surface area (Å²) in [6.45, 7) is 0.653. The number of para-hydroxylation sites is 2. The van der Waals surface area contributed by atoms with Gasteiger partial charge in [0.1, 0.15) is 18.4 Å². The van der Waals surface area contributed by atoms with Crippen LogP contribution < -0.4 is 0 Å². The van der Waals surface area contributed by atoms with Crippen LogP contribution in [-0.2, 0) is 21.9 Å². The molecule has 1 N–H and O–H groups in total. The van der Waals surface area contributed by atoms with Crippen molar-refractivity contribution < 1.29 is 14.7 Å². The van der Waals surface area contributed by atoms with Crippen molar-refractivity contribution in [3.63, 3.8) is 0 Å². The minimum Gasteiger partial charge on any atom is -0.480 e. The molecule has 122 valence electrons. The molecule has 23 heavy (non-hydrogen) atoms. The zero-order valence-corrected chi connectivity index (χ0v) is 13.8. The van der Waals surface area contributed by atoms with E-state index in [4.69, 9.17) is 0 Å². The summed E-state index contributed by atoms with van der Waals surface area (Å²) in [5, 5.41) is 9.25. The van der Waals surface area contributed by atoms with Crippen LogP contribution in [0, 0.1) is 0 Å². The van der Waals surface area contributed by atoms with Gasteiger partial charge in [0, 0.05) is 6.54 Å². The molecule has 1 saturated heterocycles. The van der Waals surface area contributed by atoms with Gasteiger partial charge in [-0.25, -0.2) is 9.78 Å². The Labute approximate surface area is 138 Å². The van der Waals surface area contributed by atoms with Crippen LogP contribution in [0.4, 0.5) is 0 Å². The quantitative estimate of drug-likeness (QED) is 0.905. The van der Waals surface area contributed by atoms with Crippen LogP contribution in [0.3, 0.4) is 0 Å². The summed E-state index contributed by atoms with van der Waals surface area (Å²) >= 11 is 1.65. The Bertz CT molecular complexity index is 743. The number of carboxylic acids is 1. The molecule has 1 fully saturated rings. The Morgan fingerprint density at radius 3 is 2.91 bits per heavy atom. The molecule has 1 atom stereocenters. The molecule has 7 heteroatoms. The van der Waals surface area contributed by atoms with Crippen molar-refractivity contribution in [1.82, 2.24) is 14.5 Å². The second-order valence-corrected chi connectivity index (χ2v) is 6.49. The predicted molar refractivity (Wildman–Crippen MR) is 89.3 cm³/mol. The van der Waals surface area contributed by atoms with Crippen molar-refractivity contribution in [3.05, 3.63) is 30.1 Å². The fraction of sp³-hybridized carbons (Fsp3) is 0.438. The van der Waals surface area contributed by atoms with E-state index in [1.165, 1.54) is 4.90 Å². The highest BCUT2D eigenvalue weighted by molar-refractivity contribution is 7.97. The van der Waals surface area contributed by atoms with E-state index in [0.717, 1.165) is 23.3 Å². The molecule has 1 unspecified atom stereocenters.